The second-order valence-electron chi connectivity index (χ2n) is 8.95. The van der Waals surface area contributed by atoms with Crippen molar-refractivity contribution < 1.29 is 19.2 Å². The van der Waals surface area contributed by atoms with Crippen molar-refractivity contribution >= 4 is 45.1 Å². The van der Waals surface area contributed by atoms with Crippen LogP contribution in [-0.4, -0.2) is 49.8 Å². The van der Waals surface area contributed by atoms with Crippen LogP contribution >= 0.6 is 11.3 Å². The summed E-state index contributed by atoms with van der Waals surface area (Å²) in [6.45, 7) is -0.387. The smallest absolute Gasteiger partial charge is 0.261 e. The number of carbonyl (C=O) groups excluding carboxylic acids is 4. The first-order chi connectivity index (χ1) is 18.9. The minimum absolute atomic E-state index is 0.0948. The fourth-order valence-electron chi connectivity index (χ4n) is 4.20. The zero-order chi connectivity index (χ0) is 27.6. The molecule has 8 nitrogen and oxygen atoms in total. The highest BCUT2D eigenvalue weighted by atomic mass is 32.1. The molecule has 0 saturated heterocycles. The molecule has 0 saturated carbocycles. The Morgan fingerprint density at radius 3 is 2.00 bits per heavy atom. The zero-order valence-electron chi connectivity index (χ0n) is 21.5. The van der Waals surface area contributed by atoms with Gasteiger partial charge in [0.1, 0.15) is 6.04 Å². The lowest BCUT2D eigenvalue weighted by Crippen LogP contribution is -2.54. The van der Waals surface area contributed by atoms with E-state index in [-0.39, 0.29) is 43.1 Å². The van der Waals surface area contributed by atoms with Gasteiger partial charge in [0.15, 0.2) is 0 Å². The maximum Gasteiger partial charge on any atom is 0.261 e. The number of rotatable bonds is 11. The predicted molar refractivity (Wildman–Crippen MR) is 153 cm³/mol. The summed E-state index contributed by atoms with van der Waals surface area (Å²) in [7, 11) is 1.46. The normalized spacial score (nSPS) is 11.5. The van der Waals surface area contributed by atoms with Crippen LogP contribution < -0.4 is 21.3 Å². The molecular weight excluding hydrogens is 512 g/mol. The molecule has 4 N–H and O–H groups in total. The number of nitrogens with one attached hydrogen (secondary N) is 4. The Labute approximate surface area is 230 Å². The number of fused-ring (bicyclic) bond motifs is 1. The highest BCUT2D eigenvalue weighted by Crippen LogP contribution is 2.28. The fraction of sp³-hybridized carbons (Fsp3) is 0.200. The summed E-state index contributed by atoms with van der Waals surface area (Å²) in [6.07, 6.45) is 0.0948. The molecular formula is C30H30N4O4S. The van der Waals surface area contributed by atoms with E-state index in [0.29, 0.717) is 4.88 Å². The predicted octanol–water partition coefficient (Wildman–Crippen LogP) is 3.20. The first-order valence-electron chi connectivity index (χ1n) is 12.6. The van der Waals surface area contributed by atoms with Gasteiger partial charge in [-0.1, -0.05) is 78.9 Å². The Morgan fingerprint density at radius 1 is 0.769 bits per heavy atom. The molecule has 0 bridgehead atoms. The minimum atomic E-state index is -1.08. The van der Waals surface area contributed by atoms with E-state index in [1.165, 1.54) is 18.4 Å². The van der Waals surface area contributed by atoms with E-state index >= 15 is 0 Å². The lowest BCUT2D eigenvalue weighted by atomic mass is 9.88. The molecule has 9 heteroatoms. The van der Waals surface area contributed by atoms with Crippen LogP contribution in [0.2, 0.25) is 0 Å². The first-order valence-corrected chi connectivity index (χ1v) is 13.4. The Bertz CT molecular complexity index is 1370. The highest BCUT2D eigenvalue weighted by Gasteiger charge is 2.25. The largest absolute Gasteiger partial charge is 0.358 e. The van der Waals surface area contributed by atoms with Crippen molar-refractivity contribution in [3.8, 4) is 0 Å². The van der Waals surface area contributed by atoms with Gasteiger partial charge < -0.3 is 21.3 Å². The van der Waals surface area contributed by atoms with Crippen LogP contribution in [0.1, 0.15) is 33.1 Å². The molecule has 4 rings (SSSR count). The van der Waals surface area contributed by atoms with E-state index in [9.17, 15) is 19.2 Å². The number of benzene rings is 3. The molecule has 1 aromatic heterocycles. The Morgan fingerprint density at radius 2 is 1.38 bits per heavy atom. The molecule has 1 atom stereocenters. The van der Waals surface area contributed by atoms with Crippen molar-refractivity contribution in [1.82, 2.24) is 21.3 Å². The van der Waals surface area contributed by atoms with Gasteiger partial charge in [0.2, 0.25) is 17.7 Å². The Kier molecular flexibility index (Phi) is 9.42. The number of likely N-dealkylation sites (N-methyl/N-ethyl adjacent to an activating group) is 1. The maximum absolute atomic E-state index is 13.3. The SMILES string of the molecule is CNC(=O)CNC(=O)[C@@H](CNC(=O)c1cc2ccccc2s1)NC(=O)CC(c1ccccc1)c1ccccc1. The van der Waals surface area contributed by atoms with Gasteiger partial charge in [-0.3, -0.25) is 19.2 Å². The molecule has 0 fully saturated rings. The number of hydrogen-bond acceptors (Lipinski definition) is 5. The Balaban J connectivity index is 1.47. The molecule has 0 spiro atoms. The van der Waals surface area contributed by atoms with Crippen LogP contribution in [0.3, 0.4) is 0 Å². The van der Waals surface area contributed by atoms with Crippen molar-refractivity contribution in [2.45, 2.75) is 18.4 Å². The molecule has 200 valence electrons. The van der Waals surface area contributed by atoms with Gasteiger partial charge in [0.25, 0.3) is 5.91 Å². The lowest BCUT2D eigenvalue weighted by molar-refractivity contribution is -0.130. The molecule has 4 amide bonds. The van der Waals surface area contributed by atoms with Crippen LogP contribution in [-0.2, 0) is 14.4 Å². The molecule has 0 aliphatic heterocycles. The lowest BCUT2D eigenvalue weighted by Gasteiger charge is -2.22. The summed E-state index contributed by atoms with van der Waals surface area (Å²) in [6, 6.07) is 27.7. The molecule has 1 heterocycles. The van der Waals surface area contributed by atoms with Gasteiger partial charge in [-0.15, -0.1) is 11.3 Å². The van der Waals surface area contributed by atoms with Crippen LogP contribution in [0.5, 0.6) is 0 Å². The number of carbonyl (C=O) groups is 4. The third kappa shape index (κ3) is 7.52. The van der Waals surface area contributed by atoms with Crippen molar-refractivity contribution in [2.24, 2.45) is 0 Å². The van der Waals surface area contributed by atoms with Crippen molar-refractivity contribution in [1.29, 1.82) is 0 Å². The summed E-state index contributed by atoms with van der Waals surface area (Å²) in [5.41, 5.74) is 1.94. The van der Waals surface area contributed by atoms with Crippen LogP contribution in [0, 0.1) is 0 Å². The average Bonchev–Trinajstić information content (AvgIpc) is 3.42. The number of hydrogen-bond donors (Lipinski definition) is 4. The number of thiophene rings is 1. The molecule has 4 aromatic rings. The molecule has 3 aromatic carbocycles. The third-order valence-corrected chi connectivity index (χ3v) is 7.38. The molecule has 0 unspecified atom stereocenters. The Hall–Kier alpha value is -4.50. The van der Waals surface area contributed by atoms with Crippen LogP contribution in [0.15, 0.2) is 91.0 Å². The van der Waals surface area contributed by atoms with E-state index in [1.54, 1.807) is 6.07 Å². The average molecular weight is 543 g/mol. The first kappa shape index (κ1) is 27.5. The van der Waals surface area contributed by atoms with Crippen LogP contribution in [0.25, 0.3) is 10.1 Å². The highest BCUT2D eigenvalue weighted by molar-refractivity contribution is 7.20. The quantitative estimate of drug-likeness (QED) is 0.233. The van der Waals surface area contributed by atoms with Crippen LogP contribution in [0.4, 0.5) is 0 Å². The topological polar surface area (TPSA) is 116 Å². The van der Waals surface area contributed by atoms with E-state index in [1.807, 2.05) is 84.9 Å². The van der Waals surface area contributed by atoms with E-state index in [0.717, 1.165) is 21.2 Å². The van der Waals surface area contributed by atoms with E-state index in [4.69, 9.17) is 0 Å². The standard InChI is InChI=1S/C30H30N4O4S/c1-31-28(36)19-33-29(37)24(18-32-30(38)26-16-22-14-8-9-15-25(22)39-26)34-27(35)17-23(20-10-4-2-5-11-20)21-12-6-3-7-13-21/h2-16,23-24H,17-19H2,1H3,(H,31,36)(H,32,38)(H,33,37)(H,34,35)/t24-/m1/s1. The van der Waals surface area contributed by atoms with Crippen molar-refractivity contribution in [3.63, 3.8) is 0 Å². The van der Waals surface area contributed by atoms with Crippen molar-refractivity contribution in [3.05, 3.63) is 107 Å². The van der Waals surface area contributed by atoms with Gasteiger partial charge in [-0.05, 0) is 28.6 Å². The molecule has 0 aliphatic carbocycles. The van der Waals surface area contributed by atoms with E-state index < -0.39 is 11.9 Å². The second kappa shape index (κ2) is 13.3. The monoisotopic (exact) mass is 542 g/mol. The summed E-state index contributed by atoms with van der Waals surface area (Å²) >= 11 is 1.35. The summed E-state index contributed by atoms with van der Waals surface area (Å²) in [5, 5.41) is 11.4. The third-order valence-electron chi connectivity index (χ3n) is 6.26. The number of amides is 4. The van der Waals surface area contributed by atoms with Gasteiger partial charge in [-0.2, -0.15) is 0 Å². The molecule has 39 heavy (non-hydrogen) atoms. The maximum atomic E-state index is 13.3. The molecule has 0 radical (unpaired) electrons. The van der Waals surface area contributed by atoms with Gasteiger partial charge in [0, 0.05) is 30.6 Å². The van der Waals surface area contributed by atoms with Gasteiger partial charge >= 0.3 is 0 Å². The van der Waals surface area contributed by atoms with Gasteiger partial charge in [0.05, 0.1) is 11.4 Å². The van der Waals surface area contributed by atoms with E-state index in [2.05, 4.69) is 21.3 Å². The van der Waals surface area contributed by atoms with Crippen molar-refractivity contribution in [2.75, 3.05) is 20.1 Å². The van der Waals surface area contributed by atoms with Gasteiger partial charge in [-0.25, -0.2) is 0 Å². The zero-order valence-corrected chi connectivity index (χ0v) is 22.3. The summed E-state index contributed by atoms with van der Waals surface area (Å²) in [5.74, 6) is -1.88. The second-order valence-corrected chi connectivity index (χ2v) is 10.0. The summed E-state index contributed by atoms with van der Waals surface area (Å²) in [4.78, 5) is 51.3. The fourth-order valence-corrected chi connectivity index (χ4v) is 5.18. The summed E-state index contributed by atoms with van der Waals surface area (Å²) < 4.78 is 0.976. The minimum Gasteiger partial charge on any atom is -0.358 e. The molecule has 0 aliphatic rings.